The van der Waals surface area contributed by atoms with Crippen molar-refractivity contribution >= 4 is 5.82 Å². The van der Waals surface area contributed by atoms with E-state index in [1.165, 1.54) is 10.8 Å². The second-order valence-electron chi connectivity index (χ2n) is 7.82. The van der Waals surface area contributed by atoms with Crippen LogP contribution in [-0.4, -0.2) is 51.7 Å². The number of nitrogen functional groups attached to an aromatic ring is 1. The summed E-state index contributed by atoms with van der Waals surface area (Å²) in [6.07, 6.45) is -10.9. The van der Waals surface area contributed by atoms with Gasteiger partial charge < -0.3 is 10.3 Å². The van der Waals surface area contributed by atoms with Gasteiger partial charge in [0.1, 0.15) is 18.1 Å². The molecule has 5 nitrogen and oxygen atoms in total. The number of fused-ring (bicyclic) bond motifs is 1. The predicted octanol–water partition coefficient (Wildman–Crippen LogP) is 4.02. The first kappa shape index (κ1) is 21.8. The highest BCUT2D eigenvalue weighted by Crippen LogP contribution is 2.56. The van der Waals surface area contributed by atoms with E-state index >= 15 is 0 Å². The summed E-state index contributed by atoms with van der Waals surface area (Å²) in [5.74, 6) is -1.30. The monoisotopic (exact) mass is 455 g/mol. The molecular weight excluding hydrogens is 438 g/mol. The highest BCUT2D eigenvalue weighted by Gasteiger charge is 2.57. The summed E-state index contributed by atoms with van der Waals surface area (Å²) in [5, 5.41) is 0. The fourth-order valence-corrected chi connectivity index (χ4v) is 4.32. The van der Waals surface area contributed by atoms with Gasteiger partial charge in [0, 0.05) is 37.1 Å². The second kappa shape index (κ2) is 7.31. The number of likely N-dealkylation sites (tertiary alicyclic amines) is 1. The second-order valence-corrected chi connectivity index (χ2v) is 7.82. The van der Waals surface area contributed by atoms with Crippen molar-refractivity contribution in [3.05, 3.63) is 29.8 Å². The molecular formula is C18H17F8N5. The SMILES string of the molecule is Nc1ncc(-c2cn([C@@H]3[C@@H]4CN(CC(F)F)C[C@@H]43)c(CC(F)(F)F)n2)cc1C(F)(F)F. The lowest BCUT2D eigenvalue weighted by atomic mass is 10.1. The van der Waals surface area contributed by atoms with Crippen molar-refractivity contribution in [3.63, 3.8) is 0 Å². The number of nitrogens with two attached hydrogens (primary N) is 1. The minimum atomic E-state index is -4.79. The van der Waals surface area contributed by atoms with Crippen LogP contribution >= 0.6 is 0 Å². The highest BCUT2D eigenvalue weighted by molar-refractivity contribution is 5.62. The fraction of sp³-hybridized carbons (Fsp3) is 0.556. The topological polar surface area (TPSA) is 60.0 Å². The molecule has 13 heteroatoms. The van der Waals surface area contributed by atoms with Crippen LogP contribution in [-0.2, 0) is 12.6 Å². The molecule has 0 amide bonds. The van der Waals surface area contributed by atoms with Crippen LogP contribution in [0, 0.1) is 11.8 Å². The van der Waals surface area contributed by atoms with E-state index in [1.54, 1.807) is 4.90 Å². The number of alkyl halides is 8. The van der Waals surface area contributed by atoms with Gasteiger partial charge in [-0.15, -0.1) is 0 Å². The summed E-state index contributed by atoms with van der Waals surface area (Å²) in [5.41, 5.74) is 3.86. The van der Waals surface area contributed by atoms with Crippen LogP contribution in [0.3, 0.4) is 0 Å². The van der Waals surface area contributed by atoms with Gasteiger partial charge in [-0.1, -0.05) is 0 Å². The fourth-order valence-electron chi connectivity index (χ4n) is 4.32. The third-order valence-electron chi connectivity index (χ3n) is 5.63. The van der Waals surface area contributed by atoms with E-state index in [0.717, 1.165) is 6.20 Å². The van der Waals surface area contributed by atoms with Gasteiger partial charge >= 0.3 is 12.4 Å². The minimum Gasteiger partial charge on any atom is -0.383 e. The van der Waals surface area contributed by atoms with Crippen LogP contribution in [0.4, 0.5) is 40.9 Å². The molecule has 2 fully saturated rings. The number of halogens is 8. The van der Waals surface area contributed by atoms with Gasteiger partial charge in [-0.05, 0) is 17.9 Å². The Morgan fingerprint density at radius 3 is 2.29 bits per heavy atom. The Balaban J connectivity index is 1.64. The molecule has 31 heavy (non-hydrogen) atoms. The van der Waals surface area contributed by atoms with Gasteiger partial charge in [0.15, 0.2) is 0 Å². The Morgan fingerprint density at radius 1 is 1.10 bits per heavy atom. The maximum absolute atomic E-state index is 13.1. The first-order chi connectivity index (χ1) is 14.3. The quantitative estimate of drug-likeness (QED) is 0.693. The number of rotatable bonds is 5. The summed E-state index contributed by atoms with van der Waals surface area (Å²) in [4.78, 5) is 8.99. The van der Waals surface area contributed by atoms with Crippen molar-refractivity contribution < 1.29 is 35.1 Å². The number of hydrogen-bond acceptors (Lipinski definition) is 4. The van der Waals surface area contributed by atoms with E-state index in [4.69, 9.17) is 5.73 Å². The summed E-state index contributed by atoms with van der Waals surface area (Å²) >= 11 is 0. The third kappa shape index (κ3) is 4.46. The van der Waals surface area contributed by atoms with Gasteiger partial charge in [0.05, 0.1) is 17.8 Å². The average molecular weight is 455 g/mol. The maximum Gasteiger partial charge on any atom is 0.419 e. The molecule has 1 saturated heterocycles. The normalized spacial score (nSPS) is 24.1. The molecule has 0 bridgehead atoms. The van der Waals surface area contributed by atoms with E-state index in [0.29, 0.717) is 19.2 Å². The van der Waals surface area contributed by atoms with E-state index in [2.05, 4.69) is 9.97 Å². The summed E-state index contributed by atoms with van der Waals surface area (Å²) in [7, 11) is 0. The van der Waals surface area contributed by atoms with Crippen LogP contribution in [0.25, 0.3) is 11.3 Å². The molecule has 2 aromatic heterocycles. The number of anilines is 1. The molecule has 2 aromatic rings. The van der Waals surface area contributed by atoms with E-state index in [9.17, 15) is 35.1 Å². The van der Waals surface area contributed by atoms with Crippen molar-refractivity contribution in [3.8, 4) is 11.3 Å². The van der Waals surface area contributed by atoms with Gasteiger partial charge in [-0.25, -0.2) is 18.7 Å². The van der Waals surface area contributed by atoms with Crippen molar-refractivity contribution in [2.75, 3.05) is 25.4 Å². The lowest BCUT2D eigenvalue weighted by Gasteiger charge is -2.20. The Bertz CT molecular complexity index is 955. The molecule has 2 aliphatic rings. The zero-order chi connectivity index (χ0) is 22.7. The Labute approximate surface area is 170 Å². The maximum atomic E-state index is 13.1. The number of piperidine rings is 1. The third-order valence-corrected chi connectivity index (χ3v) is 5.63. The molecule has 1 aliphatic carbocycles. The number of nitrogens with zero attached hydrogens (tertiary/aromatic N) is 4. The average Bonchev–Trinajstić information content (AvgIpc) is 2.95. The van der Waals surface area contributed by atoms with Crippen molar-refractivity contribution in [1.82, 2.24) is 19.4 Å². The molecule has 3 heterocycles. The van der Waals surface area contributed by atoms with Crippen LogP contribution in [0.1, 0.15) is 17.4 Å². The minimum absolute atomic E-state index is 0.0911. The van der Waals surface area contributed by atoms with Gasteiger partial charge in [-0.3, -0.25) is 4.90 Å². The molecule has 3 atom stereocenters. The molecule has 1 saturated carbocycles. The first-order valence-electron chi connectivity index (χ1n) is 9.31. The lowest BCUT2D eigenvalue weighted by molar-refractivity contribution is -0.137. The summed E-state index contributed by atoms with van der Waals surface area (Å²) < 4.78 is 105. The standard InChI is InChI=1S/C18H17F8N5/c19-13(20)7-30-4-9-10(5-30)15(9)31-6-12(29-14(31)2-17(21,22)23)8-1-11(18(24,25)26)16(27)28-3-8/h1,3,6,9-10,13,15H,2,4-5,7H2,(H2,27,28)/t9-,10+,15-. The Kier molecular flexibility index (Phi) is 5.14. The Hall–Kier alpha value is -2.44. The highest BCUT2D eigenvalue weighted by atomic mass is 19.4. The zero-order valence-electron chi connectivity index (χ0n) is 15.8. The van der Waals surface area contributed by atoms with Gasteiger partial charge in [0.2, 0.25) is 0 Å². The molecule has 0 spiro atoms. The molecule has 170 valence electrons. The Morgan fingerprint density at radius 2 is 1.74 bits per heavy atom. The molecule has 4 rings (SSSR count). The number of hydrogen-bond donors (Lipinski definition) is 1. The molecule has 0 aromatic carbocycles. The molecule has 1 aliphatic heterocycles. The van der Waals surface area contributed by atoms with Gasteiger partial charge in [-0.2, -0.15) is 26.3 Å². The van der Waals surface area contributed by atoms with Crippen molar-refractivity contribution in [2.24, 2.45) is 11.8 Å². The predicted molar refractivity (Wildman–Crippen MR) is 93.1 cm³/mol. The van der Waals surface area contributed by atoms with Crippen molar-refractivity contribution in [1.29, 1.82) is 0 Å². The smallest absolute Gasteiger partial charge is 0.383 e. The van der Waals surface area contributed by atoms with Crippen LogP contribution in [0.2, 0.25) is 0 Å². The van der Waals surface area contributed by atoms with E-state index in [1.807, 2.05) is 0 Å². The van der Waals surface area contributed by atoms with E-state index in [-0.39, 0.29) is 35.0 Å². The van der Waals surface area contributed by atoms with Crippen LogP contribution < -0.4 is 5.73 Å². The molecule has 0 radical (unpaired) electrons. The number of imidazole rings is 1. The van der Waals surface area contributed by atoms with E-state index < -0.39 is 43.1 Å². The number of pyridine rings is 1. The largest absolute Gasteiger partial charge is 0.419 e. The molecule has 0 unspecified atom stereocenters. The van der Waals surface area contributed by atoms with Crippen molar-refractivity contribution in [2.45, 2.75) is 31.2 Å². The summed E-state index contributed by atoms with van der Waals surface area (Å²) in [6, 6.07) is 0.334. The first-order valence-corrected chi connectivity index (χ1v) is 9.31. The van der Waals surface area contributed by atoms with Crippen LogP contribution in [0.15, 0.2) is 18.5 Å². The number of aromatic nitrogens is 3. The molecule has 2 N–H and O–H groups in total. The zero-order valence-corrected chi connectivity index (χ0v) is 15.8. The lowest BCUT2D eigenvalue weighted by Crippen LogP contribution is -2.30. The van der Waals surface area contributed by atoms with Crippen LogP contribution in [0.5, 0.6) is 0 Å². The van der Waals surface area contributed by atoms with Gasteiger partial charge in [0.25, 0.3) is 6.43 Å². The summed E-state index contributed by atoms with van der Waals surface area (Å²) in [6.45, 7) is 0.238.